The topological polar surface area (TPSA) is 68.9 Å². The molecule has 3 aliphatic heterocycles. The number of benzene rings is 1. The summed E-state index contributed by atoms with van der Waals surface area (Å²) in [6.07, 6.45) is 4.34. The predicted molar refractivity (Wildman–Crippen MR) is 132 cm³/mol. The normalized spacial score (nSPS) is 22.0. The van der Waals surface area contributed by atoms with Gasteiger partial charge in [0.2, 0.25) is 0 Å². The minimum Gasteiger partial charge on any atom is -0.370 e. The smallest absolute Gasteiger partial charge is 0.258 e. The Hall–Kier alpha value is -3.29. The third-order valence-electron chi connectivity index (χ3n) is 7.77. The zero-order valence-corrected chi connectivity index (χ0v) is 19.9. The molecule has 1 amide bonds. The SMILES string of the molecule is O=C(c1ccncc1)N1C[C@@H]2C[C@H](C1)c1ccc(-c3ccccc3C[NH+]3CCOCC3)c(=O)n1C2. The number of nitrogens with zero attached hydrogens (tertiary/aromatic N) is 3. The van der Waals surface area contributed by atoms with E-state index in [0.717, 1.165) is 56.1 Å². The maximum atomic E-state index is 13.8. The van der Waals surface area contributed by atoms with Crippen LogP contribution in [-0.4, -0.2) is 59.8 Å². The lowest BCUT2D eigenvalue weighted by atomic mass is 9.82. The molecule has 0 aliphatic carbocycles. The highest BCUT2D eigenvalue weighted by atomic mass is 16.5. The fourth-order valence-electron chi connectivity index (χ4n) is 6.04. The standard InChI is InChI=1S/C28H30N4O3/c33-27(21-7-9-29-10-8-21)31-16-20-15-23(19-31)26-6-5-25(28(34)32(26)17-20)24-4-2-1-3-22(24)18-30-11-13-35-14-12-30/h1-10,20,23H,11-19H2/p+1/t20-,23+/m0/s1. The number of fused-ring (bicyclic) bond motifs is 4. The predicted octanol–water partition coefficient (Wildman–Crippen LogP) is 1.58. The van der Waals surface area contributed by atoms with Gasteiger partial charge in [-0.2, -0.15) is 0 Å². The van der Waals surface area contributed by atoms with Crippen LogP contribution in [0.1, 0.15) is 34.0 Å². The molecule has 2 fully saturated rings. The Morgan fingerprint density at radius 1 is 0.971 bits per heavy atom. The summed E-state index contributed by atoms with van der Waals surface area (Å²) in [5.74, 6) is 0.519. The van der Waals surface area contributed by atoms with Crippen LogP contribution in [-0.2, 0) is 17.8 Å². The molecule has 2 aromatic heterocycles. The number of carbonyl (C=O) groups is 1. The Balaban J connectivity index is 1.29. The molecule has 7 nitrogen and oxygen atoms in total. The van der Waals surface area contributed by atoms with Gasteiger partial charge in [-0.3, -0.25) is 14.6 Å². The van der Waals surface area contributed by atoms with Crippen LogP contribution in [0, 0.1) is 5.92 Å². The van der Waals surface area contributed by atoms with Crippen molar-refractivity contribution in [3.05, 3.63) is 88.1 Å². The first-order valence-corrected chi connectivity index (χ1v) is 12.6. The molecule has 5 heterocycles. The third-order valence-corrected chi connectivity index (χ3v) is 7.77. The highest BCUT2D eigenvalue weighted by molar-refractivity contribution is 5.94. The largest absolute Gasteiger partial charge is 0.370 e. The Bertz CT molecular complexity index is 1280. The van der Waals surface area contributed by atoms with Crippen LogP contribution in [0.4, 0.5) is 0 Å². The molecule has 2 saturated heterocycles. The third kappa shape index (κ3) is 4.30. The van der Waals surface area contributed by atoms with Crippen LogP contribution in [0.3, 0.4) is 0 Å². The first kappa shape index (κ1) is 22.2. The molecule has 180 valence electrons. The van der Waals surface area contributed by atoms with E-state index in [-0.39, 0.29) is 23.3 Å². The van der Waals surface area contributed by atoms with Crippen molar-refractivity contribution >= 4 is 5.91 Å². The lowest BCUT2D eigenvalue weighted by Crippen LogP contribution is -3.12. The molecule has 1 N–H and O–H groups in total. The van der Waals surface area contributed by atoms with Crippen molar-refractivity contribution in [1.29, 1.82) is 0 Å². The number of amides is 1. The lowest BCUT2D eigenvalue weighted by Gasteiger charge is -2.43. The van der Waals surface area contributed by atoms with Gasteiger partial charge >= 0.3 is 0 Å². The van der Waals surface area contributed by atoms with Gasteiger partial charge in [0.05, 0.1) is 13.2 Å². The van der Waals surface area contributed by atoms with Gasteiger partial charge in [-0.1, -0.05) is 24.3 Å². The van der Waals surface area contributed by atoms with Gasteiger partial charge in [0.15, 0.2) is 0 Å². The van der Waals surface area contributed by atoms with E-state index >= 15 is 0 Å². The van der Waals surface area contributed by atoms with Gasteiger partial charge in [0.1, 0.15) is 19.6 Å². The number of nitrogens with one attached hydrogen (secondary N) is 1. The highest BCUT2D eigenvalue weighted by Gasteiger charge is 2.37. The number of ether oxygens (including phenoxy) is 1. The number of piperidine rings is 1. The number of hydrogen-bond donors (Lipinski definition) is 1. The summed E-state index contributed by atoms with van der Waals surface area (Å²) in [5.41, 5.74) is 4.85. The van der Waals surface area contributed by atoms with Crippen LogP contribution in [0.25, 0.3) is 11.1 Å². The summed E-state index contributed by atoms with van der Waals surface area (Å²) in [5, 5.41) is 0. The molecule has 6 rings (SSSR count). The van der Waals surface area contributed by atoms with Crippen molar-refractivity contribution < 1.29 is 14.4 Å². The summed E-state index contributed by atoms with van der Waals surface area (Å²) < 4.78 is 7.50. The lowest BCUT2D eigenvalue weighted by molar-refractivity contribution is -0.921. The van der Waals surface area contributed by atoms with Crippen LogP contribution in [0.2, 0.25) is 0 Å². The van der Waals surface area contributed by atoms with E-state index in [1.807, 2.05) is 21.6 Å². The number of carbonyl (C=O) groups excluding carboxylic acids is 1. The second-order valence-electron chi connectivity index (χ2n) is 10.0. The molecule has 0 radical (unpaired) electrons. The molecule has 3 aromatic rings. The quantitative estimate of drug-likeness (QED) is 0.628. The van der Waals surface area contributed by atoms with Gasteiger partial charge in [-0.25, -0.2) is 0 Å². The fourth-order valence-corrected chi connectivity index (χ4v) is 6.04. The van der Waals surface area contributed by atoms with E-state index in [0.29, 0.717) is 25.2 Å². The van der Waals surface area contributed by atoms with Gasteiger partial charge in [-0.15, -0.1) is 0 Å². The number of rotatable bonds is 4. The molecule has 0 spiro atoms. The zero-order valence-electron chi connectivity index (χ0n) is 19.9. The molecule has 1 aromatic carbocycles. The number of likely N-dealkylation sites (tertiary alicyclic amines) is 1. The zero-order chi connectivity index (χ0) is 23.8. The molecule has 7 heteroatoms. The first-order chi connectivity index (χ1) is 17.2. The van der Waals surface area contributed by atoms with Crippen LogP contribution >= 0.6 is 0 Å². The van der Waals surface area contributed by atoms with Gasteiger partial charge in [0, 0.05) is 60.3 Å². The average Bonchev–Trinajstić information content (AvgIpc) is 2.90. The van der Waals surface area contributed by atoms with E-state index in [2.05, 4.69) is 29.2 Å². The van der Waals surface area contributed by atoms with Crippen molar-refractivity contribution in [2.75, 3.05) is 39.4 Å². The van der Waals surface area contributed by atoms with Crippen molar-refractivity contribution in [3.8, 4) is 11.1 Å². The summed E-state index contributed by atoms with van der Waals surface area (Å²) in [4.78, 5) is 34.3. The van der Waals surface area contributed by atoms with Gasteiger partial charge in [0.25, 0.3) is 11.5 Å². The van der Waals surface area contributed by atoms with E-state index in [9.17, 15) is 9.59 Å². The Labute approximate surface area is 205 Å². The minimum absolute atomic E-state index is 0.0501. The Morgan fingerprint density at radius 3 is 2.60 bits per heavy atom. The van der Waals surface area contributed by atoms with Gasteiger partial charge < -0.3 is 19.1 Å². The van der Waals surface area contributed by atoms with E-state index in [1.54, 1.807) is 24.5 Å². The molecule has 2 bridgehead atoms. The number of morpholine rings is 1. The number of aromatic nitrogens is 2. The monoisotopic (exact) mass is 471 g/mol. The van der Waals surface area contributed by atoms with Gasteiger partial charge in [-0.05, 0) is 42.2 Å². The van der Waals surface area contributed by atoms with E-state index < -0.39 is 0 Å². The maximum absolute atomic E-state index is 13.8. The average molecular weight is 472 g/mol. The van der Waals surface area contributed by atoms with Crippen molar-refractivity contribution in [1.82, 2.24) is 14.5 Å². The molecule has 2 atom stereocenters. The summed E-state index contributed by atoms with van der Waals surface area (Å²) in [6, 6.07) is 16.0. The molecular weight excluding hydrogens is 440 g/mol. The van der Waals surface area contributed by atoms with Crippen LogP contribution < -0.4 is 10.5 Å². The summed E-state index contributed by atoms with van der Waals surface area (Å²) >= 11 is 0. The fraction of sp³-hybridized carbons (Fsp3) is 0.393. The van der Waals surface area contributed by atoms with Crippen LogP contribution in [0.15, 0.2) is 65.7 Å². The Kier molecular flexibility index (Phi) is 5.96. The van der Waals surface area contributed by atoms with Crippen molar-refractivity contribution in [2.24, 2.45) is 5.92 Å². The molecular formula is C28H31N4O3+. The number of pyridine rings is 2. The summed E-state index contributed by atoms with van der Waals surface area (Å²) in [6.45, 7) is 6.47. The number of hydrogen-bond acceptors (Lipinski definition) is 4. The minimum atomic E-state index is 0.0501. The Morgan fingerprint density at radius 2 is 1.77 bits per heavy atom. The van der Waals surface area contributed by atoms with Crippen LogP contribution in [0.5, 0.6) is 0 Å². The first-order valence-electron chi connectivity index (χ1n) is 12.6. The van der Waals surface area contributed by atoms with E-state index in [4.69, 9.17) is 4.74 Å². The summed E-state index contributed by atoms with van der Waals surface area (Å²) in [7, 11) is 0. The molecule has 0 saturated carbocycles. The van der Waals surface area contributed by atoms with Crippen molar-refractivity contribution in [3.63, 3.8) is 0 Å². The molecule has 0 unspecified atom stereocenters. The molecule has 3 aliphatic rings. The molecule has 35 heavy (non-hydrogen) atoms. The maximum Gasteiger partial charge on any atom is 0.258 e. The second kappa shape index (κ2) is 9.40. The van der Waals surface area contributed by atoms with Crippen molar-refractivity contribution in [2.45, 2.75) is 25.4 Å². The highest BCUT2D eigenvalue weighted by Crippen LogP contribution is 2.36. The van der Waals surface area contributed by atoms with E-state index in [1.165, 1.54) is 10.5 Å². The number of quaternary nitrogens is 1. The second-order valence-corrected chi connectivity index (χ2v) is 10.0.